The van der Waals surface area contributed by atoms with Gasteiger partial charge in [0.25, 0.3) is 0 Å². The molecule has 1 aliphatic rings. The van der Waals surface area contributed by atoms with Crippen LogP contribution < -0.4 is 0 Å². The number of hydrogen-bond acceptors (Lipinski definition) is 1. The molecule has 1 aliphatic heterocycles. The van der Waals surface area contributed by atoms with Crippen LogP contribution >= 0.6 is 0 Å². The van der Waals surface area contributed by atoms with E-state index < -0.39 is 0 Å². The molecule has 2 unspecified atom stereocenters. The first-order valence-electron chi connectivity index (χ1n) is 3.96. The van der Waals surface area contributed by atoms with Crippen molar-refractivity contribution in [3.05, 3.63) is 0 Å². The van der Waals surface area contributed by atoms with E-state index in [4.69, 9.17) is 11.2 Å². The summed E-state index contributed by atoms with van der Waals surface area (Å²) in [6.07, 6.45) is 6.13. The van der Waals surface area contributed by atoms with Crippen molar-refractivity contribution in [3.8, 4) is 12.3 Å². The van der Waals surface area contributed by atoms with Crippen molar-refractivity contribution < 1.29 is 9.22 Å². The smallest absolute Gasteiger partial charge is 0.140 e. The highest BCUT2D eigenvalue weighted by atomic mass is 16.6. The van der Waals surface area contributed by atoms with Crippen molar-refractivity contribution in [1.29, 1.82) is 0 Å². The van der Waals surface area contributed by atoms with Crippen molar-refractivity contribution >= 4 is 0 Å². The fourth-order valence-corrected chi connectivity index (χ4v) is 1.22. The van der Waals surface area contributed by atoms with Gasteiger partial charge in [-0.05, 0) is 12.8 Å². The minimum atomic E-state index is 0.443. The maximum atomic E-state index is 5.31. The van der Waals surface area contributed by atoms with Crippen LogP contribution in [-0.4, -0.2) is 43.9 Å². The summed E-state index contributed by atoms with van der Waals surface area (Å²) in [4.78, 5) is 0. The fraction of sp³-hybridized carbons (Fsp3) is 0.778. The number of hydrogen-bond donors (Lipinski definition) is 0. The molecule has 0 N–H and O–H groups in total. The van der Waals surface area contributed by atoms with Gasteiger partial charge in [0.2, 0.25) is 0 Å². The number of likely N-dealkylation sites (N-methyl/N-ethyl adjacent to an activating group) is 1. The van der Waals surface area contributed by atoms with E-state index in [1.165, 1.54) is 0 Å². The summed E-state index contributed by atoms with van der Waals surface area (Å²) in [5, 5.41) is 0. The van der Waals surface area contributed by atoms with E-state index in [2.05, 4.69) is 26.9 Å². The second kappa shape index (κ2) is 2.84. The van der Waals surface area contributed by atoms with Crippen molar-refractivity contribution in [3.63, 3.8) is 0 Å². The number of terminal acetylenes is 1. The lowest BCUT2D eigenvalue weighted by Crippen LogP contribution is -2.43. The number of quaternary nitrogens is 1. The Morgan fingerprint density at radius 3 is 2.45 bits per heavy atom. The average molecular weight is 154 g/mol. The molecule has 0 amide bonds. The minimum absolute atomic E-state index is 0.443. The van der Waals surface area contributed by atoms with E-state index in [0.29, 0.717) is 12.2 Å². The summed E-state index contributed by atoms with van der Waals surface area (Å²) in [7, 11) is 4.27. The zero-order valence-corrected chi connectivity index (χ0v) is 7.50. The first kappa shape index (κ1) is 8.58. The topological polar surface area (TPSA) is 12.5 Å². The predicted molar refractivity (Wildman–Crippen MR) is 45.0 cm³/mol. The van der Waals surface area contributed by atoms with E-state index in [1.54, 1.807) is 0 Å². The Kier molecular flexibility index (Phi) is 2.22. The highest BCUT2D eigenvalue weighted by molar-refractivity contribution is 4.85. The fourth-order valence-electron chi connectivity index (χ4n) is 1.22. The Labute approximate surface area is 68.7 Å². The number of epoxide rings is 1. The highest BCUT2D eigenvalue weighted by Gasteiger charge is 2.39. The van der Waals surface area contributed by atoms with Gasteiger partial charge < -0.3 is 9.22 Å². The summed E-state index contributed by atoms with van der Waals surface area (Å²) < 4.78 is 6.18. The Bertz CT molecular complexity index is 180. The molecule has 0 aromatic heterocycles. The molecule has 1 saturated heterocycles. The van der Waals surface area contributed by atoms with E-state index >= 15 is 0 Å². The Hall–Kier alpha value is -0.520. The molecule has 62 valence electrons. The molecule has 1 heterocycles. The lowest BCUT2D eigenvalue weighted by atomic mass is 10.3. The third-order valence-corrected chi connectivity index (χ3v) is 2.03. The molecule has 0 aromatic rings. The SMILES string of the molecule is C#CC[N+](C)(C)CC1OC1C. The van der Waals surface area contributed by atoms with Gasteiger partial charge in [-0.2, -0.15) is 0 Å². The van der Waals surface area contributed by atoms with E-state index in [-0.39, 0.29) is 0 Å². The third kappa shape index (κ3) is 2.53. The van der Waals surface area contributed by atoms with Crippen molar-refractivity contribution in [1.82, 2.24) is 0 Å². The van der Waals surface area contributed by atoms with Gasteiger partial charge >= 0.3 is 0 Å². The quantitative estimate of drug-likeness (QED) is 0.327. The maximum Gasteiger partial charge on any atom is 0.140 e. The Morgan fingerprint density at radius 2 is 2.09 bits per heavy atom. The first-order chi connectivity index (χ1) is 5.05. The van der Waals surface area contributed by atoms with Crippen LogP contribution in [0.1, 0.15) is 6.92 Å². The molecular weight excluding hydrogens is 138 g/mol. The second-order valence-corrected chi connectivity index (χ2v) is 3.86. The second-order valence-electron chi connectivity index (χ2n) is 3.86. The highest BCUT2D eigenvalue weighted by Crippen LogP contribution is 2.23. The summed E-state index contributed by atoms with van der Waals surface area (Å²) in [6, 6.07) is 0. The molecule has 0 spiro atoms. The van der Waals surface area contributed by atoms with Crippen LogP contribution in [0.4, 0.5) is 0 Å². The largest absolute Gasteiger partial charge is 0.364 e. The van der Waals surface area contributed by atoms with Gasteiger partial charge in [-0.1, -0.05) is 0 Å². The lowest BCUT2D eigenvalue weighted by molar-refractivity contribution is -0.883. The molecule has 0 aliphatic carbocycles. The standard InChI is InChI=1S/C9H16NO/c1-5-6-10(3,4)7-9-8(2)11-9/h1,8-9H,6-7H2,2-4H3/q+1. The zero-order valence-electron chi connectivity index (χ0n) is 7.50. The van der Waals surface area contributed by atoms with E-state index in [0.717, 1.165) is 17.6 Å². The van der Waals surface area contributed by atoms with E-state index in [9.17, 15) is 0 Å². The molecular formula is C9H16NO+. The summed E-state index contributed by atoms with van der Waals surface area (Å²) in [5.41, 5.74) is 0. The molecule has 1 rings (SSSR count). The maximum absolute atomic E-state index is 5.31. The van der Waals surface area contributed by atoms with Gasteiger partial charge in [-0.15, -0.1) is 6.42 Å². The van der Waals surface area contributed by atoms with Gasteiger partial charge in [0, 0.05) is 0 Å². The molecule has 0 bridgehead atoms. The zero-order chi connectivity index (χ0) is 8.48. The van der Waals surface area contributed by atoms with Crippen LogP contribution in [-0.2, 0) is 4.74 Å². The van der Waals surface area contributed by atoms with Crippen LogP contribution in [0, 0.1) is 12.3 Å². The molecule has 0 aromatic carbocycles. The van der Waals surface area contributed by atoms with Gasteiger partial charge in [-0.25, -0.2) is 0 Å². The minimum Gasteiger partial charge on any atom is -0.364 e. The van der Waals surface area contributed by atoms with Gasteiger partial charge in [0.15, 0.2) is 0 Å². The van der Waals surface area contributed by atoms with Gasteiger partial charge in [0.05, 0.1) is 20.2 Å². The first-order valence-corrected chi connectivity index (χ1v) is 3.96. The van der Waals surface area contributed by atoms with E-state index in [1.807, 2.05) is 0 Å². The van der Waals surface area contributed by atoms with Gasteiger partial charge in [-0.3, -0.25) is 0 Å². The summed E-state index contributed by atoms with van der Waals surface area (Å²) in [6.45, 7) is 3.92. The summed E-state index contributed by atoms with van der Waals surface area (Å²) >= 11 is 0. The van der Waals surface area contributed by atoms with Crippen molar-refractivity contribution in [2.75, 3.05) is 27.2 Å². The monoisotopic (exact) mass is 154 g/mol. The normalized spacial score (nSPS) is 29.6. The van der Waals surface area contributed by atoms with Crippen LogP contribution in [0.3, 0.4) is 0 Å². The van der Waals surface area contributed by atoms with Crippen LogP contribution in [0.5, 0.6) is 0 Å². The number of ether oxygens (including phenoxy) is 1. The molecule has 2 heteroatoms. The molecule has 2 nitrogen and oxygen atoms in total. The number of nitrogens with zero attached hydrogens (tertiary/aromatic N) is 1. The average Bonchev–Trinajstić information content (AvgIpc) is 2.44. The summed E-state index contributed by atoms with van der Waals surface area (Å²) in [5.74, 6) is 2.67. The Balaban J connectivity index is 2.29. The predicted octanol–water partition coefficient (Wildman–Crippen LogP) is 0.483. The van der Waals surface area contributed by atoms with Gasteiger partial charge in [0.1, 0.15) is 19.2 Å². The number of rotatable bonds is 3. The van der Waals surface area contributed by atoms with Crippen molar-refractivity contribution in [2.45, 2.75) is 19.1 Å². The molecule has 1 fully saturated rings. The molecule has 2 atom stereocenters. The lowest BCUT2D eigenvalue weighted by Gasteiger charge is -2.26. The third-order valence-electron chi connectivity index (χ3n) is 2.03. The molecule has 11 heavy (non-hydrogen) atoms. The Morgan fingerprint density at radius 1 is 1.55 bits per heavy atom. The van der Waals surface area contributed by atoms with Crippen LogP contribution in [0.25, 0.3) is 0 Å². The molecule has 0 radical (unpaired) electrons. The van der Waals surface area contributed by atoms with Crippen LogP contribution in [0.15, 0.2) is 0 Å². The van der Waals surface area contributed by atoms with Crippen LogP contribution in [0.2, 0.25) is 0 Å². The molecule has 0 saturated carbocycles. The van der Waals surface area contributed by atoms with Crippen molar-refractivity contribution in [2.24, 2.45) is 0 Å².